The minimum Gasteiger partial charge on any atom is -0.332 e. The molecule has 4 aromatic heterocycles. The van der Waals surface area contributed by atoms with E-state index in [0.29, 0.717) is 0 Å². The van der Waals surface area contributed by atoms with Crippen molar-refractivity contribution in [3.8, 4) is 22.7 Å². The van der Waals surface area contributed by atoms with Gasteiger partial charge in [-0.2, -0.15) is 70.6 Å². The minimum atomic E-state index is 0. The fourth-order valence-corrected chi connectivity index (χ4v) is 4.56. The summed E-state index contributed by atoms with van der Waals surface area (Å²) < 4.78 is 7.55. The summed E-state index contributed by atoms with van der Waals surface area (Å²) >= 11 is 0. The molecule has 0 aliphatic heterocycles. The molecule has 0 fully saturated rings. The van der Waals surface area contributed by atoms with Gasteiger partial charge in [0.1, 0.15) is 12.4 Å². The van der Waals surface area contributed by atoms with Crippen LogP contribution in [0.3, 0.4) is 0 Å². The number of benzene rings is 4. The zero-order chi connectivity index (χ0) is 28.1. The Morgan fingerprint density at radius 1 is 0.465 bits per heavy atom. The summed E-state index contributed by atoms with van der Waals surface area (Å²) in [5.74, 6) is 0. The normalized spacial score (nSPS) is 10.6. The second-order valence-electron chi connectivity index (χ2n) is 9.12. The van der Waals surface area contributed by atoms with E-state index >= 15 is 0 Å². The summed E-state index contributed by atoms with van der Waals surface area (Å²) in [6.07, 6.45) is 13.3. The molecule has 0 spiro atoms. The molecule has 8 rings (SSSR count). The quantitative estimate of drug-likeness (QED) is 0.196. The summed E-state index contributed by atoms with van der Waals surface area (Å²) in [5, 5.41) is 0. The van der Waals surface area contributed by atoms with Crippen molar-refractivity contribution in [3.63, 3.8) is 0 Å². The van der Waals surface area contributed by atoms with Gasteiger partial charge in [0.05, 0.1) is 12.4 Å². The van der Waals surface area contributed by atoms with Crippen molar-refractivity contribution in [2.75, 3.05) is 0 Å². The summed E-state index contributed by atoms with van der Waals surface area (Å²) in [6.45, 7) is 0. The maximum Gasteiger partial charge on any atom is 0.227 e. The van der Waals surface area contributed by atoms with Crippen LogP contribution >= 0.6 is 0 Å². The van der Waals surface area contributed by atoms with Crippen molar-refractivity contribution in [2.45, 2.75) is 0 Å². The Kier molecular flexibility index (Phi) is 8.17. The van der Waals surface area contributed by atoms with Gasteiger partial charge in [-0.05, 0) is 0 Å². The number of rotatable bonds is 4. The molecule has 9 heteroatoms. The Labute approximate surface area is 261 Å². The molecular weight excluding hydrogens is 713 g/mol. The van der Waals surface area contributed by atoms with Crippen LogP contribution in [0.2, 0.25) is 0 Å². The molecule has 0 aliphatic carbocycles. The van der Waals surface area contributed by atoms with Crippen LogP contribution in [0.15, 0.2) is 134 Å². The van der Waals surface area contributed by atoms with Crippen LogP contribution in [-0.2, 0) is 20.1 Å². The monoisotopic (exact) mass is 735 g/mol. The van der Waals surface area contributed by atoms with Gasteiger partial charge < -0.3 is 9.13 Å². The standard InChI is InChI=1S/2C17H11N4.Ir/c2*1-3-7-14(8-4-1)20-13-21(15-9-5-2-6-10-15)17-16(20)18-11-12-19-17;/h2*1-9,11-12H;/q2*-1;. The maximum absolute atomic E-state index is 4.44. The second kappa shape index (κ2) is 12.6. The number of nitrogens with zero attached hydrogens (tertiary/aromatic N) is 8. The van der Waals surface area contributed by atoms with Gasteiger partial charge in [0.25, 0.3) is 0 Å². The Bertz CT molecular complexity index is 1780. The third kappa shape index (κ3) is 5.59. The van der Waals surface area contributed by atoms with E-state index < -0.39 is 0 Å². The molecule has 4 heterocycles. The number of fused-ring (bicyclic) bond motifs is 2. The van der Waals surface area contributed by atoms with E-state index in [0.717, 1.165) is 45.3 Å². The van der Waals surface area contributed by atoms with Crippen LogP contribution in [0.25, 0.3) is 45.3 Å². The summed E-state index contributed by atoms with van der Waals surface area (Å²) in [5.41, 5.74) is 6.81. The van der Waals surface area contributed by atoms with Crippen molar-refractivity contribution < 1.29 is 29.2 Å². The van der Waals surface area contributed by atoms with E-state index in [9.17, 15) is 0 Å². The molecular formula is C34H22IrN8-2. The molecule has 0 aliphatic rings. The maximum atomic E-state index is 4.44. The molecule has 0 unspecified atom stereocenters. The molecule has 8 nitrogen and oxygen atoms in total. The van der Waals surface area contributed by atoms with E-state index in [1.54, 1.807) is 24.8 Å². The molecule has 0 bridgehead atoms. The first-order valence-corrected chi connectivity index (χ1v) is 13.3. The second-order valence-corrected chi connectivity index (χ2v) is 9.12. The number of hydrogen-bond acceptors (Lipinski definition) is 4. The van der Waals surface area contributed by atoms with E-state index in [2.05, 4.69) is 44.7 Å². The van der Waals surface area contributed by atoms with Gasteiger partial charge in [-0.15, -0.1) is 0 Å². The Hall–Kier alpha value is -5.37. The summed E-state index contributed by atoms with van der Waals surface area (Å²) in [6, 6.07) is 41.9. The fourth-order valence-electron chi connectivity index (χ4n) is 4.56. The van der Waals surface area contributed by atoms with Crippen molar-refractivity contribution in [1.82, 2.24) is 29.1 Å². The molecule has 0 atom stereocenters. The molecule has 0 amide bonds. The Morgan fingerprint density at radius 3 is 1.26 bits per heavy atom. The van der Waals surface area contributed by atoms with E-state index in [-0.39, 0.29) is 20.1 Å². The molecule has 209 valence electrons. The van der Waals surface area contributed by atoms with Gasteiger partial charge >= 0.3 is 0 Å². The fraction of sp³-hybridized carbons (Fsp3) is 0. The first-order valence-electron chi connectivity index (χ1n) is 13.3. The predicted molar refractivity (Wildman–Crippen MR) is 156 cm³/mol. The van der Waals surface area contributed by atoms with E-state index in [1.165, 1.54) is 0 Å². The zero-order valence-corrected chi connectivity index (χ0v) is 25.0. The summed E-state index contributed by atoms with van der Waals surface area (Å²) in [4.78, 5) is 17.7. The zero-order valence-electron chi connectivity index (χ0n) is 22.6. The third-order valence-electron chi connectivity index (χ3n) is 6.46. The van der Waals surface area contributed by atoms with Crippen molar-refractivity contribution in [1.29, 1.82) is 0 Å². The number of aromatic nitrogens is 8. The van der Waals surface area contributed by atoms with Crippen LogP contribution in [0.1, 0.15) is 0 Å². The summed E-state index contributed by atoms with van der Waals surface area (Å²) in [7, 11) is 0. The molecule has 0 saturated heterocycles. The number of para-hydroxylation sites is 4. The number of hydrogen-bond donors (Lipinski definition) is 0. The Morgan fingerprint density at radius 2 is 0.860 bits per heavy atom. The molecule has 0 saturated carbocycles. The van der Waals surface area contributed by atoms with E-state index in [1.807, 2.05) is 127 Å². The van der Waals surface area contributed by atoms with Crippen LogP contribution < -0.4 is 9.13 Å². The van der Waals surface area contributed by atoms with Crippen LogP contribution in [0.4, 0.5) is 0 Å². The van der Waals surface area contributed by atoms with Gasteiger partial charge in [-0.3, -0.25) is 19.1 Å². The topological polar surface area (TPSA) is 69.2 Å². The van der Waals surface area contributed by atoms with Gasteiger partial charge in [0.2, 0.25) is 11.3 Å². The van der Waals surface area contributed by atoms with Gasteiger partial charge in [-0.25, -0.2) is 0 Å². The number of imidazole rings is 2. The third-order valence-corrected chi connectivity index (χ3v) is 6.46. The molecule has 0 N–H and O–H groups in total. The smallest absolute Gasteiger partial charge is 0.227 e. The van der Waals surface area contributed by atoms with Crippen LogP contribution in [0.5, 0.6) is 0 Å². The van der Waals surface area contributed by atoms with Gasteiger partial charge in [0.15, 0.2) is 23.9 Å². The van der Waals surface area contributed by atoms with E-state index in [4.69, 9.17) is 0 Å². The van der Waals surface area contributed by atoms with Crippen LogP contribution in [0, 0.1) is 24.8 Å². The molecule has 4 aromatic carbocycles. The molecule has 8 aromatic rings. The largest absolute Gasteiger partial charge is 0.332 e. The first kappa shape index (κ1) is 27.8. The van der Waals surface area contributed by atoms with Crippen molar-refractivity contribution >= 4 is 22.6 Å². The molecule has 1 radical (unpaired) electrons. The Balaban J connectivity index is 0.000000150. The molecule has 43 heavy (non-hydrogen) atoms. The minimum absolute atomic E-state index is 0. The van der Waals surface area contributed by atoms with Crippen LogP contribution in [-0.4, -0.2) is 29.1 Å². The average Bonchev–Trinajstić information content (AvgIpc) is 3.67. The SMILES string of the molecule is [Ir].[c-]1ccccc1-n1[c-][n+](-c2ccccc2)c2nccnc21.[c-]1ccccc1-n1[c-][n+](-c2ccccc2)c2nccnc21. The van der Waals surface area contributed by atoms with Gasteiger partial charge in [0, 0.05) is 31.5 Å². The van der Waals surface area contributed by atoms with Crippen molar-refractivity contribution in [3.05, 3.63) is 159 Å². The first-order chi connectivity index (χ1) is 20.9. The predicted octanol–water partition coefficient (Wildman–Crippen LogP) is 4.59. The average molecular weight is 735 g/mol. The van der Waals surface area contributed by atoms with Crippen molar-refractivity contribution in [2.24, 2.45) is 0 Å². The van der Waals surface area contributed by atoms with Gasteiger partial charge in [-0.1, -0.05) is 72.0 Å².